The van der Waals surface area contributed by atoms with Crippen molar-refractivity contribution in [1.29, 1.82) is 0 Å². The molecule has 3 aromatic heterocycles. The van der Waals surface area contributed by atoms with Gasteiger partial charge in [0.05, 0.1) is 22.9 Å². The molecule has 8 bridgehead atoms. The van der Waals surface area contributed by atoms with E-state index >= 15 is 0 Å². The molecule has 0 aliphatic carbocycles. The number of fused-ring (bicyclic) bond motifs is 20. The molecule has 0 saturated heterocycles. The molecule has 0 radical (unpaired) electrons. The Morgan fingerprint density at radius 3 is 1.69 bits per heavy atom. The van der Waals surface area contributed by atoms with Crippen LogP contribution in [0.1, 0.15) is 22.3 Å². The summed E-state index contributed by atoms with van der Waals surface area (Å²) in [5, 5.41) is 4.02. The minimum absolute atomic E-state index is 0.614. The lowest BCUT2D eigenvalue weighted by atomic mass is 10.0. The number of aromatic amines is 1. The van der Waals surface area contributed by atoms with E-state index in [2.05, 4.69) is 116 Å². The smallest absolute Gasteiger partial charge is 0.165 e. The van der Waals surface area contributed by atoms with Gasteiger partial charge in [0.1, 0.15) is 11.3 Å². The average molecular weight is 697 g/mol. The summed E-state index contributed by atoms with van der Waals surface area (Å²) in [6.45, 7) is 8.40. The molecule has 8 nitrogen and oxygen atoms in total. The fraction of sp³-hybridized carbons (Fsp3) is 0.111. The first-order valence-electron chi connectivity index (χ1n) is 14.8. The number of nitrogens with zero attached hydrogens (tertiary/aromatic N) is 7. The lowest BCUT2D eigenvalue weighted by Crippen LogP contribution is -1.89. The van der Waals surface area contributed by atoms with Gasteiger partial charge in [0, 0.05) is 43.8 Å². The van der Waals surface area contributed by atoms with Crippen LogP contribution in [0.15, 0.2) is 72.8 Å². The molecule has 7 aromatic rings. The van der Waals surface area contributed by atoms with Crippen molar-refractivity contribution in [3.63, 3.8) is 0 Å². The Labute approximate surface area is 271 Å². The Balaban J connectivity index is 1.56. The number of hydrogen-bond donors (Lipinski definition) is 1. The maximum absolute atomic E-state index is 5.28. The number of aromatic nitrogens is 8. The highest BCUT2D eigenvalue weighted by Crippen LogP contribution is 2.40. The number of aryl methyl sites for hydroxylation is 4. The average Bonchev–Trinajstić information content (AvgIpc) is 3.73. The van der Waals surface area contributed by atoms with E-state index in [0.29, 0.717) is 34.6 Å². The zero-order chi connectivity index (χ0) is 30.6. The van der Waals surface area contributed by atoms with Gasteiger partial charge in [-0.2, -0.15) is 0 Å². The van der Waals surface area contributed by atoms with Crippen LogP contribution < -0.4 is 0 Å². The summed E-state index contributed by atoms with van der Waals surface area (Å²) in [4.78, 5) is 34.6. The van der Waals surface area contributed by atoms with Crippen LogP contribution >= 0.6 is 22.9 Å². The maximum Gasteiger partial charge on any atom is 0.165 e. The molecule has 0 spiro atoms. The summed E-state index contributed by atoms with van der Waals surface area (Å²) in [5.41, 5.74) is 11.2. The summed E-state index contributed by atoms with van der Waals surface area (Å²) in [5.74, 6) is 2.49. The van der Waals surface area contributed by atoms with Crippen molar-refractivity contribution in [2.45, 2.75) is 27.7 Å². The van der Waals surface area contributed by atoms with Crippen LogP contribution in [-0.4, -0.2) is 37.7 Å². The van der Waals surface area contributed by atoms with E-state index in [1.165, 1.54) is 0 Å². The first kappa shape index (κ1) is 26.4. The first-order chi connectivity index (χ1) is 21.9. The number of rotatable bonds is 0. The van der Waals surface area contributed by atoms with Gasteiger partial charge in [0.2, 0.25) is 0 Å². The molecule has 2 aliphatic rings. The molecular formula is C36H25IN8. The molecule has 0 fully saturated rings. The predicted molar refractivity (Wildman–Crippen MR) is 188 cm³/mol. The molecule has 0 atom stereocenters. The van der Waals surface area contributed by atoms with E-state index < -0.39 is 0 Å². The van der Waals surface area contributed by atoms with Gasteiger partial charge in [-0.1, -0.05) is 72.8 Å². The van der Waals surface area contributed by atoms with Gasteiger partial charge in [0.15, 0.2) is 34.6 Å². The summed E-state index contributed by atoms with van der Waals surface area (Å²) in [7, 11) is 0. The van der Waals surface area contributed by atoms with Crippen LogP contribution in [0.3, 0.4) is 0 Å². The predicted octanol–water partition coefficient (Wildman–Crippen LogP) is 8.77. The van der Waals surface area contributed by atoms with Crippen LogP contribution in [0.5, 0.6) is 0 Å². The van der Waals surface area contributed by atoms with Crippen molar-refractivity contribution >= 4 is 67.0 Å². The molecule has 0 saturated carbocycles. The van der Waals surface area contributed by atoms with Crippen molar-refractivity contribution in [1.82, 2.24) is 37.7 Å². The van der Waals surface area contributed by atoms with E-state index in [0.717, 1.165) is 77.3 Å². The highest BCUT2D eigenvalue weighted by molar-refractivity contribution is 14.1. The Hall–Kier alpha value is -5.03. The summed E-state index contributed by atoms with van der Waals surface area (Å²) in [6, 6.07) is 24.9. The second kappa shape index (κ2) is 9.48. The largest absolute Gasteiger partial charge is 0.324 e. The Morgan fingerprint density at radius 1 is 0.489 bits per heavy atom. The monoisotopic (exact) mass is 696 g/mol. The number of hydrogen-bond acceptors (Lipinski definition) is 6. The molecule has 0 unspecified atom stereocenters. The minimum Gasteiger partial charge on any atom is -0.324 e. The summed E-state index contributed by atoms with van der Waals surface area (Å²) < 4.78 is 2.03. The van der Waals surface area contributed by atoms with Gasteiger partial charge < -0.3 is 4.98 Å². The van der Waals surface area contributed by atoms with E-state index in [-0.39, 0.29) is 0 Å². The third-order valence-electron chi connectivity index (χ3n) is 8.87. The molecule has 4 aromatic carbocycles. The molecule has 45 heavy (non-hydrogen) atoms. The second-order valence-electron chi connectivity index (χ2n) is 11.7. The van der Waals surface area contributed by atoms with Crippen LogP contribution in [0.25, 0.3) is 89.7 Å². The molecule has 9 heteroatoms. The fourth-order valence-corrected chi connectivity index (χ4v) is 7.45. The van der Waals surface area contributed by atoms with Crippen LogP contribution in [0.2, 0.25) is 0 Å². The topological polar surface area (TPSA) is 98.1 Å². The highest BCUT2D eigenvalue weighted by Gasteiger charge is 2.25. The van der Waals surface area contributed by atoms with Crippen molar-refractivity contribution in [3.05, 3.63) is 95.1 Å². The zero-order valence-electron chi connectivity index (χ0n) is 24.9. The first-order valence-corrected chi connectivity index (χ1v) is 15.7. The number of benzene rings is 4. The summed E-state index contributed by atoms with van der Waals surface area (Å²) in [6.07, 6.45) is 0. The van der Waals surface area contributed by atoms with Gasteiger partial charge in [-0.25, -0.2) is 32.7 Å². The van der Waals surface area contributed by atoms with Crippen molar-refractivity contribution in [2.24, 2.45) is 0 Å². The Bertz CT molecular complexity index is 2610. The molecule has 1 N–H and O–H groups in total. The van der Waals surface area contributed by atoms with E-state index in [4.69, 9.17) is 29.9 Å². The van der Waals surface area contributed by atoms with Gasteiger partial charge in [-0.05, 0) is 49.9 Å². The number of halogens is 1. The lowest BCUT2D eigenvalue weighted by molar-refractivity contribution is 1.18. The Morgan fingerprint density at radius 2 is 1.00 bits per heavy atom. The quantitative estimate of drug-likeness (QED) is 0.159. The third kappa shape index (κ3) is 3.76. The lowest BCUT2D eigenvalue weighted by Gasteiger charge is -2.02. The summed E-state index contributed by atoms with van der Waals surface area (Å²) >= 11 is 2.31. The van der Waals surface area contributed by atoms with Crippen LogP contribution in [0, 0.1) is 27.7 Å². The SMILES string of the molecule is Cc1cccc2c1-c1nc-2nc2c3cccc(C)c3c(nc3nc(nc4[nH]c(n1)c1c(C)cccc41)-c1cccc(C)c1-3)n2I. The molecule has 0 amide bonds. The molecule has 216 valence electrons. The maximum atomic E-state index is 5.28. The van der Waals surface area contributed by atoms with Gasteiger partial charge in [0.25, 0.3) is 0 Å². The van der Waals surface area contributed by atoms with Gasteiger partial charge in [-0.3, -0.25) is 0 Å². The number of nitrogens with one attached hydrogen (secondary N) is 1. The van der Waals surface area contributed by atoms with E-state index in [1.54, 1.807) is 0 Å². The van der Waals surface area contributed by atoms with Crippen molar-refractivity contribution in [2.75, 3.05) is 0 Å². The Kier molecular flexibility index (Phi) is 5.56. The molecule has 2 aliphatic heterocycles. The standard InChI is InChI=1S/C36H25IN8/c1-17-9-5-13-21-25(17)32-39-29(21)38-30-22-14-6-11-19(3)27(22)34(40-30)44-36-28-20(4)12-8-16-24(28)35(45(36)37)43-31-23-15-7-10-18(2)26(23)33(41-31)42-32/h5-16H,1-4H3,(H,38,39,40,41,42,43,44). The molecular weight excluding hydrogens is 671 g/mol. The van der Waals surface area contributed by atoms with Crippen molar-refractivity contribution < 1.29 is 0 Å². The second-order valence-corrected chi connectivity index (χ2v) is 12.7. The van der Waals surface area contributed by atoms with Gasteiger partial charge in [-0.15, -0.1) is 0 Å². The van der Waals surface area contributed by atoms with E-state index in [1.807, 2.05) is 14.9 Å². The van der Waals surface area contributed by atoms with Crippen LogP contribution in [0.4, 0.5) is 0 Å². The minimum atomic E-state index is 0.614. The number of H-pyrrole nitrogens is 1. The molecule has 5 heterocycles. The zero-order valence-corrected chi connectivity index (χ0v) is 27.1. The van der Waals surface area contributed by atoms with Crippen LogP contribution in [-0.2, 0) is 0 Å². The van der Waals surface area contributed by atoms with E-state index in [9.17, 15) is 0 Å². The third-order valence-corrected chi connectivity index (χ3v) is 9.78. The highest BCUT2D eigenvalue weighted by atomic mass is 127. The van der Waals surface area contributed by atoms with Crippen molar-refractivity contribution in [3.8, 4) is 45.6 Å². The van der Waals surface area contributed by atoms with Gasteiger partial charge >= 0.3 is 0 Å². The normalized spacial score (nSPS) is 12.1. The molecule has 9 rings (SSSR count). The fourth-order valence-electron chi connectivity index (χ4n) is 6.73.